The lowest BCUT2D eigenvalue weighted by atomic mass is 9.91. The van der Waals surface area contributed by atoms with E-state index >= 15 is 0 Å². The molecule has 0 radical (unpaired) electrons. The summed E-state index contributed by atoms with van der Waals surface area (Å²) < 4.78 is 5.43. The first kappa shape index (κ1) is 14.5. The van der Waals surface area contributed by atoms with Crippen molar-refractivity contribution in [1.82, 2.24) is 4.90 Å². The Morgan fingerprint density at radius 1 is 1.32 bits per heavy atom. The number of unbranched alkanes of at least 4 members (excludes halogenated alkanes) is 3. The molecule has 3 unspecified atom stereocenters. The van der Waals surface area contributed by atoms with Crippen LogP contribution >= 0.6 is 0 Å². The van der Waals surface area contributed by atoms with Crippen LogP contribution in [0.4, 0.5) is 0 Å². The molecule has 1 aliphatic carbocycles. The van der Waals surface area contributed by atoms with Gasteiger partial charge in [0, 0.05) is 19.5 Å². The second-order valence-electron chi connectivity index (χ2n) is 5.90. The van der Waals surface area contributed by atoms with Crippen molar-refractivity contribution in [1.29, 1.82) is 0 Å². The largest absolute Gasteiger partial charge is 0.370 e. The quantitative estimate of drug-likeness (QED) is 0.692. The molecule has 1 heterocycles. The van der Waals surface area contributed by atoms with Crippen molar-refractivity contribution in [2.75, 3.05) is 20.2 Å². The van der Waals surface area contributed by atoms with Crippen molar-refractivity contribution in [3.63, 3.8) is 0 Å². The molecule has 2 bridgehead atoms. The van der Waals surface area contributed by atoms with E-state index in [2.05, 4.69) is 6.92 Å². The smallest absolute Gasteiger partial charge is 0.226 e. The maximum atomic E-state index is 12.4. The van der Waals surface area contributed by atoms with Gasteiger partial charge in [0.2, 0.25) is 5.91 Å². The summed E-state index contributed by atoms with van der Waals surface area (Å²) in [5, 5.41) is 0. The van der Waals surface area contributed by atoms with Crippen LogP contribution in [0.3, 0.4) is 0 Å². The van der Waals surface area contributed by atoms with E-state index in [4.69, 9.17) is 4.74 Å². The molecule has 1 saturated carbocycles. The van der Waals surface area contributed by atoms with Gasteiger partial charge in [0.15, 0.2) is 5.78 Å². The fraction of sp³-hybridized carbons (Fsp3) is 0.867. The summed E-state index contributed by atoms with van der Waals surface area (Å²) >= 11 is 0. The highest BCUT2D eigenvalue weighted by Crippen LogP contribution is 2.38. The minimum Gasteiger partial charge on any atom is -0.370 e. The van der Waals surface area contributed by atoms with Crippen molar-refractivity contribution in [2.45, 2.75) is 51.6 Å². The molecule has 0 aromatic rings. The Balaban J connectivity index is 1.83. The minimum absolute atomic E-state index is 0.0793. The van der Waals surface area contributed by atoms with E-state index in [1.54, 1.807) is 0 Å². The number of hydrogen-bond donors (Lipinski definition) is 0. The summed E-state index contributed by atoms with van der Waals surface area (Å²) in [6, 6.07) is 0. The highest BCUT2D eigenvalue weighted by atomic mass is 16.5. The van der Waals surface area contributed by atoms with Crippen LogP contribution in [0.1, 0.15) is 45.4 Å². The summed E-state index contributed by atoms with van der Waals surface area (Å²) in [6.45, 7) is 3.19. The lowest BCUT2D eigenvalue weighted by Crippen LogP contribution is -2.38. The molecule has 0 aromatic carbocycles. The molecule has 1 aliphatic heterocycles. The first-order chi connectivity index (χ1) is 9.13. The molecule has 4 nitrogen and oxygen atoms in total. The fourth-order valence-corrected chi connectivity index (χ4v) is 3.23. The van der Waals surface area contributed by atoms with Crippen LogP contribution in [-0.4, -0.2) is 42.9 Å². The average molecular weight is 267 g/mol. The summed E-state index contributed by atoms with van der Waals surface area (Å²) in [4.78, 5) is 26.0. The van der Waals surface area contributed by atoms with Gasteiger partial charge in [-0.25, -0.2) is 0 Å². The number of carbonyl (C=O) groups is 2. The summed E-state index contributed by atoms with van der Waals surface area (Å²) in [7, 11) is 1.86. The SMILES string of the molecule is CCCCCCN(C)C(=O)C1CC2CC1C(=O)CO2. The Kier molecular flexibility index (Phi) is 4.97. The van der Waals surface area contributed by atoms with Crippen LogP contribution in [-0.2, 0) is 14.3 Å². The molecule has 108 valence electrons. The van der Waals surface area contributed by atoms with Crippen molar-refractivity contribution >= 4 is 11.7 Å². The van der Waals surface area contributed by atoms with Crippen LogP contribution in [0, 0.1) is 11.8 Å². The molecule has 1 saturated heterocycles. The normalized spacial score (nSPS) is 29.6. The molecule has 0 aromatic heterocycles. The van der Waals surface area contributed by atoms with Crippen molar-refractivity contribution in [2.24, 2.45) is 11.8 Å². The standard InChI is InChI=1S/C15H25NO3/c1-3-4-5-6-7-16(2)15(18)13-9-11-8-12(13)14(17)10-19-11/h11-13H,3-10H2,1-2H3. The Labute approximate surface area is 115 Å². The number of ketones is 1. The third kappa shape index (κ3) is 3.35. The third-order valence-electron chi connectivity index (χ3n) is 4.43. The maximum absolute atomic E-state index is 12.4. The highest BCUT2D eigenvalue weighted by Gasteiger charge is 2.46. The van der Waals surface area contributed by atoms with Crippen LogP contribution in [0.15, 0.2) is 0 Å². The van der Waals surface area contributed by atoms with E-state index in [-0.39, 0.29) is 36.2 Å². The van der Waals surface area contributed by atoms with Gasteiger partial charge in [0.05, 0.1) is 12.0 Å². The molecule has 0 N–H and O–H groups in total. The average Bonchev–Trinajstić information content (AvgIpc) is 2.77. The van der Waals surface area contributed by atoms with Gasteiger partial charge < -0.3 is 9.64 Å². The third-order valence-corrected chi connectivity index (χ3v) is 4.43. The van der Waals surface area contributed by atoms with Gasteiger partial charge in [-0.05, 0) is 19.3 Å². The van der Waals surface area contributed by atoms with Crippen LogP contribution in [0.2, 0.25) is 0 Å². The van der Waals surface area contributed by atoms with E-state index in [0.717, 1.165) is 25.8 Å². The van der Waals surface area contributed by atoms with Gasteiger partial charge in [-0.15, -0.1) is 0 Å². The van der Waals surface area contributed by atoms with Crippen LogP contribution < -0.4 is 0 Å². The Hall–Kier alpha value is -0.900. The predicted molar refractivity (Wildman–Crippen MR) is 72.7 cm³/mol. The van der Waals surface area contributed by atoms with E-state index in [1.165, 1.54) is 19.3 Å². The molecule has 2 fully saturated rings. The topological polar surface area (TPSA) is 46.6 Å². The van der Waals surface area contributed by atoms with Gasteiger partial charge in [-0.2, -0.15) is 0 Å². The zero-order valence-electron chi connectivity index (χ0n) is 12.1. The van der Waals surface area contributed by atoms with E-state index in [1.807, 2.05) is 11.9 Å². The molecular formula is C15H25NO3. The first-order valence-electron chi connectivity index (χ1n) is 7.52. The van der Waals surface area contributed by atoms with Gasteiger partial charge in [0.1, 0.15) is 6.61 Å². The number of Topliss-reactive ketones (excluding diaryl/α,β-unsaturated/α-hetero) is 1. The molecule has 3 atom stereocenters. The van der Waals surface area contributed by atoms with Crippen LogP contribution in [0.25, 0.3) is 0 Å². The summed E-state index contributed by atoms with van der Waals surface area (Å²) in [6.07, 6.45) is 6.27. The Morgan fingerprint density at radius 3 is 2.84 bits per heavy atom. The predicted octanol–water partition coefficient (Wildman–Crippen LogP) is 2.02. The Morgan fingerprint density at radius 2 is 2.11 bits per heavy atom. The number of amides is 1. The van der Waals surface area contributed by atoms with Crippen LogP contribution in [0.5, 0.6) is 0 Å². The molecule has 1 amide bonds. The zero-order valence-corrected chi connectivity index (χ0v) is 12.1. The lowest BCUT2D eigenvalue weighted by molar-refractivity contribution is -0.140. The number of carbonyl (C=O) groups excluding carboxylic acids is 2. The van der Waals surface area contributed by atoms with Gasteiger partial charge >= 0.3 is 0 Å². The molecule has 19 heavy (non-hydrogen) atoms. The lowest BCUT2D eigenvalue weighted by Gasteiger charge is -2.24. The van der Waals surface area contributed by atoms with E-state index < -0.39 is 0 Å². The second kappa shape index (κ2) is 6.51. The molecule has 2 rings (SSSR count). The summed E-state index contributed by atoms with van der Waals surface area (Å²) in [5.74, 6) is 0.0508. The number of fused-ring (bicyclic) bond motifs is 2. The summed E-state index contributed by atoms with van der Waals surface area (Å²) in [5.41, 5.74) is 0. The molecule has 4 heteroatoms. The van der Waals surface area contributed by atoms with Crippen molar-refractivity contribution in [3.05, 3.63) is 0 Å². The first-order valence-corrected chi connectivity index (χ1v) is 7.52. The number of nitrogens with zero attached hydrogens (tertiary/aromatic N) is 1. The fourth-order valence-electron chi connectivity index (χ4n) is 3.23. The molecule has 0 spiro atoms. The van der Waals surface area contributed by atoms with Gasteiger partial charge in [-0.1, -0.05) is 26.2 Å². The van der Waals surface area contributed by atoms with E-state index in [9.17, 15) is 9.59 Å². The zero-order chi connectivity index (χ0) is 13.8. The second-order valence-corrected chi connectivity index (χ2v) is 5.90. The van der Waals surface area contributed by atoms with Gasteiger partial charge in [0.25, 0.3) is 0 Å². The number of rotatable bonds is 6. The van der Waals surface area contributed by atoms with Gasteiger partial charge in [-0.3, -0.25) is 9.59 Å². The number of hydrogen-bond acceptors (Lipinski definition) is 3. The van der Waals surface area contributed by atoms with Crippen molar-refractivity contribution in [3.8, 4) is 0 Å². The van der Waals surface area contributed by atoms with Crippen molar-refractivity contribution < 1.29 is 14.3 Å². The molecule has 2 aliphatic rings. The molecular weight excluding hydrogens is 242 g/mol. The van der Waals surface area contributed by atoms with E-state index in [0.29, 0.717) is 0 Å². The maximum Gasteiger partial charge on any atom is 0.226 e. The minimum atomic E-state index is -0.129. The monoisotopic (exact) mass is 267 g/mol. The number of ether oxygens (including phenoxy) is 1. The highest BCUT2D eigenvalue weighted by molar-refractivity contribution is 5.90. The Bertz CT molecular complexity index is 342.